The number of tetrazole rings is 1. The van der Waals surface area contributed by atoms with E-state index < -0.39 is 17.6 Å². The number of nitrogens with zero attached hydrogens (tertiary/aromatic N) is 7. The number of aliphatic hydroxyl groups is 1. The second kappa shape index (κ2) is 10.3. The van der Waals surface area contributed by atoms with Gasteiger partial charge in [0.25, 0.3) is 0 Å². The molecule has 3 aromatic rings. The number of aryl methyl sites for hydroxylation is 1. The van der Waals surface area contributed by atoms with E-state index in [1.807, 2.05) is 0 Å². The molecule has 0 radical (unpaired) electrons. The molecule has 3 unspecified atom stereocenters. The van der Waals surface area contributed by atoms with E-state index in [0.717, 1.165) is 41.4 Å². The van der Waals surface area contributed by atoms with Gasteiger partial charge in [-0.25, -0.2) is 14.2 Å². The predicted octanol–water partition coefficient (Wildman–Crippen LogP) is 2.22. The molecule has 2 aliphatic rings. The summed E-state index contributed by atoms with van der Waals surface area (Å²) >= 11 is 0. The Morgan fingerprint density at radius 2 is 2.13 bits per heavy atom. The lowest BCUT2D eigenvalue weighted by molar-refractivity contribution is 0.0500. The fourth-order valence-corrected chi connectivity index (χ4v) is 5.55. The molecule has 2 fully saturated rings. The molecule has 2 aliphatic heterocycles. The first-order valence-corrected chi connectivity index (χ1v) is 12.9. The summed E-state index contributed by atoms with van der Waals surface area (Å²) in [5.74, 6) is 0.164. The van der Waals surface area contributed by atoms with Crippen molar-refractivity contribution in [2.45, 2.75) is 70.2 Å². The lowest BCUT2D eigenvalue weighted by Crippen LogP contribution is -2.55. The van der Waals surface area contributed by atoms with Crippen LogP contribution in [0.5, 0.6) is 5.75 Å². The van der Waals surface area contributed by atoms with Gasteiger partial charge in [-0.2, -0.15) is 14.3 Å². The van der Waals surface area contributed by atoms with Gasteiger partial charge in [-0.15, -0.1) is 0 Å². The molecule has 13 heteroatoms. The third-order valence-corrected chi connectivity index (χ3v) is 7.29. The quantitative estimate of drug-likeness (QED) is 0.400. The SMILES string of the molecule is CC(CO)Oc1ccc(Nc2ncc(F)c(NC3CC4CCCN4C(C)(C)C3)n2)cc1-n1nnn(C)c1=O. The summed E-state index contributed by atoms with van der Waals surface area (Å²) < 4.78 is 22.7. The highest BCUT2D eigenvalue weighted by Crippen LogP contribution is 2.38. The summed E-state index contributed by atoms with van der Waals surface area (Å²) in [7, 11) is 1.49. The maximum Gasteiger partial charge on any atom is 0.368 e. The van der Waals surface area contributed by atoms with Crippen molar-refractivity contribution in [3.05, 3.63) is 40.7 Å². The number of piperidine rings is 1. The average Bonchev–Trinajstić information content (AvgIpc) is 3.49. The number of hydrogen-bond acceptors (Lipinski definition) is 10. The van der Waals surface area contributed by atoms with Gasteiger partial charge in [0.15, 0.2) is 11.6 Å². The highest BCUT2D eigenvalue weighted by atomic mass is 19.1. The molecule has 3 N–H and O–H groups in total. The van der Waals surface area contributed by atoms with E-state index in [1.54, 1.807) is 25.1 Å². The summed E-state index contributed by atoms with van der Waals surface area (Å²) in [4.78, 5) is 23.6. The van der Waals surface area contributed by atoms with Gasteiger partial charge in [0.05, 0.1) is 12.8 Å². The number of benzene rings is 1. The fourth-order valence-electron chi connectivity index (χ4n) is 5.55. The minimum atomic E-state index is -0.518. The minimum absolute atomic E-state index is 0.0355. The van der Waals surface area contributed by atoms with Gasteiger partial charge >= 0.3 is 5.69 Å². The number of rotatable bonds is 8. The first-order chi connectivity index (χ1) is 18.1. The topological polar surface area (TPSA) is 135 Å². The zero-order valence-corrected chi connectivity index (χ0v) is 22.1. The highest BCUT2D eigenvalue weighted by Gasteiger charge is 2.43. The van der Waals surface area contributed by atoms with Gasteiger partial charge in [0, 0.05) is 30.4 Å². The molecule has 2 aromatic heterocycles. The standard InChI is InChI=1S/C25H34FN9O3/c1-15(14-36)38-21-8-7-16(11-20(21)35-24(37)33(4)31-32-35)29-23-27-13-19(26)22(30-23)28-17-10-18-6-5-9-34(18)25(2,3)12-17/h7-8,11,13,15,17-18,36H,5-6,9-10,12,14H2,1-4H3,(H2,27,28,29,30). The van der Waals surface area contributed by atoms with E-state index in [0.29, 0.717) is 23.2 Å². The van der Waals surface area contributed by atoms with Crippen LogP contribution in [0.1, 0.15) is 46.5 Å². The van der Waals surface area contributed by atoms with Crippen LogP contribution in [0.4, 0.5) is 21.8 Å². The number of nitrogens with one attached hydrogen (secondary N) is 2. The number of aromatic nitrogens is 6. The molecule has 38 heavy (non-hydrogen) atoms. The third-order valence-electron chi connectivity index (χ3n) is 7.29. The number of ether oxygens (including phenoxy) is 1. The van der Waals surface area contributed by atoms with Gasteiger partial charge in [-0.1, -0.05) is 0 Å². The Kier molecular flexibility index (Phi) is 7.05. The number of fused-ring (bicyclic) bond motifs is 1. The lowest BCUT2D eigenvalue weighted by Gasteiger charge is -2.47. The van der Waals surface area contributed by atoms with Crippen LogP contribution in [0.25, 0.3) is 5.69 Å². The molecule has 3 atom stereocenters. The number of halogens is 1. The van der Waals surface area contributed by atoms with E-state index in [9.17, 15) is 14.3 Å². The average molecular weight is 528 g/mol. The van der Waals surface area contributed by atoms with Crippen molar-refractivity contribution in [2.24, 2.45) is 7.05 Å². The fraction of sp³-hybridized carbons (Fsp3) is 0.560. The Balaban J connectivity index is 1.38. The Hall–Kier alpha value is -3.58. The van der Waals surface area contributed by atoms with E-state index in [-0.39, 0.29) is 30.0 Å². The van der Waals surface area contributed by atoms with E-state index in [1.165, 1.54) is 13.5 Å². The molecule has 0 bridgehead atoms. The van der Waals surface area contributed by atoms with Crippen molar-refractivity contribution in [3.8, 4) is 11.4 Å². The van der Waals surface area contributed by atoms with Crippen LogP contribution in [0.15, 0.2) is 29.2 Å². The van der Waals surface area contributed by atoms with E-state index >= 15 is 0 Å². The number of anilines is 3. The van der Waals surface area contributed by atoms with Gasteiger partial charge in [0.2, 0.25) is 5.95 Å². The molecule has 0 saturated carbocycles. The second-order valence-corrected chi connectivity index (χ2v) is 10.7. The van der Waals surface area contributed by atoms with E-state index in [4.69, 9.17) is 4.74 Å². The minimum Gasteiger partial charge on any atom is -0.486 e. The van der Waals surface area contributed by atoms with Crippen molar-refractivity contribution in [1.29, 1.82) is 0 Å². The maximum absolute atomic E-state index is 14.7. The molecule has 4 heterocycles. The summed E-state index contributed by atoms with van der Waals surface area (Å²) in [5, 5.41) is 23.5. The third kappa shape index (κ3) is 5.20. The zero-order chi connectivity index (χ0) is 27.0. The summed E-state index contributed by atoms with van der Waals surface area (Å²) in [6.07, 6.45) is 4.83. The molecule has 0 aliphatic carbocycles. The smallest absolute Gasteiger partial charge is 0.368 e. The monoisotopic (exact) mass is 527 g/mol. The van der Waals surface area contributed by atoms with Crippen LogP contribution >= 0.6 is 0 Å². The van der Waals surface area contributed by atoms with Crippen LogP contribution in [-0.4, -0.2) is 76.6 Å². The Bertz CT molecular complexity index is 1360. The van der Waals surface area contributed by atoms with Crippen molar-refractivity contribution in [3.63, 3.8) is 0 Å². The molecule has 2 saturated heterocycles. The van der Waals surface area contributed by atoms with Gasteiger partial charge in [-0.3, -0.25) is 4.90 Å². The van der Waals surface area contributed by atoms with Crippen molar-refractivity contribution < 1.29 is 14.2 Å². The molecule has 204 valence electrons. The zero-order valence-electron chi connectivity index (χ0n) is 22.1. The maximum atomic E-state index is 14.7. The normalized spacial score (nSPS) is 21.6. The molecular weight excluding hydrogens is 493 g/mol. The lowest BCUT2D eigenvalue weighted by atomic mass is 9.84. The summed E-state index contributed by atoms with van der Waals surface area (Å²) in [6, 6.07) is 5.58. The van der Waals surface area contributed by atoms with Gasteiger partial charge < -0.3 is 20.5 Å². The predicted molar refractivity (Wildman–Crippen MR) is 140 cm³/mol. The molecule has 12 nitrogen and oxygen atoms in total. The number of hydrogen-bond donors (Lipinski definition) is 3. The van der Waals surface area contributed by atoms with Crippen molar-refractivity contribution in [2.75, 3.05) is 23.8 Å². The first-order valence-electron chi connectivity index (χ1n) is 12.9. The van der Waals surface area contributed by atoms with Crippen LogP contribution in [0.3, 0.4) is 0 Å². The Morgan fingerprint density at radius 3 is 2.87 bits per heavy atom. The molecular formula is C25H34FN9O3. The molecule has 0 spiro atoms. The molecule has 5 rings (SSSR count). The van der Waals surface area contributed by atoms with Crippen molar-refractivity contribution >= 4 is 17.5 Å². The van der Waals surface area contributed by atoms with Gasteiger partial charge in [-0.05, 0) is 81.6 Å². The summed E-state index contributed by atoms with van der Waals surface area (Å²) in [5.41, 5.74) is 0.414. The molecule has 0 amide bonds. The van der Waals surface area contributed by atoms with Crippen LogP contribution in [0.2, 0.25) is 0 Å². The van der Waals surface area contributed by atoms with Gasteiger partial charge in [0.1, 0.15) is 17.5 Å². The second-order valence-electron chi connectivity index (χ2n) is 10.7. The highest BCUT2D eigenvalue weighted by molar-refractivity contribution is 5.62. The largest absolute Gasteiger partial charge is 0.486 e. The Labute approximate surface area is 219 Å². The van der Waals surface area contributed by atoms with E-state index in [2.05, 4.69) is 49.8 Å². The Morgan fingerprint density at radius 1 is 1.32 bits per heavy atom. The van der Waals surface area contributed by atoms with Crippen LogP contribution in [-0.2, 0) is 7.05 Å². The van der Waals surface area contributed by atoms with Crippen LogP contribution in [0, 0.1) is 5.82 Å². The van der Waals surface area contributed by atoms with Crippen molar-refractivity contribution in [1.82, 2.24) is 34.7 Å². The summed E-state index contributed by atoms with van der Waals surface area (Å²) in [6.45, 7) is 7.11. The first kappa shape index (κ1) is 26.0. The van der Waals surface area contributed by atoms with Crippen LogP contribution < -0.4 is 21.1 Å². The number of aliphatic hydroxyl groups excluding tert-OH is 1. The molecule has 1 aromatic carbocycles.